The second kappa shape index (κ2) is 8.45. The lowest BCUT2D eigenvalue weighted by atomic mass is 10.0. The topological polar surface area (TPSA) is 78.9 Å². The molecule has 0 saturated carbocycles. The maximum atomic E-state index is 13.2. The predicted octanol–water partition coefficient (Wildman–Crippen LogP) is 4.19. The van der Waals surface area contributed by atoms with Gasteiger partial charge in [-0.3, -0.25) is 9.59 Å². The molecule has 30 heavy (non-hydrogen) atoms. The van der Waals surface area contributed by atoms with E-state index in [4.69, 9.17) is 4.74 Å². The largest absolute Gasteiger partial charge is 0.506 e. The molecule has 0 bridgehead atoms. The fraction of sp³-hybridized carbons (Fsp3) is 0.250. The average molecular weight is 404 g/mol. The van der Waals surface area contributed by atoms with Gasteiger partial charge in [0.15, 0.2) is 0 Å². The number of aromatic hydroxyl groups is 1. The molecule has 1 heterocycles. The first kappa shape index (κ1) is 19.8. The third-order valence-corrected chi connectivity index (χ3v) is 5.38. The van der Waals surface area contributed by atoms with Crippen molar-refractivity contribution in [2.45, 2.75) is 25.8 Å². The van der Waals surface area contributed by atoms with Gasteiger partial charge in [0.05, 0.1) is 12.2 Å². The molecule has 0 radical (unpaired) electrons. The van der Waals surface area contributed by atoms with Gasteiger partial charge >= 0.3 is 0 Å². The van der Waals surface area contributed by atoms with Crippen molar-refractivity contribution in [2.75, 3.05) is 18.5 Å². The van der Waals surface area contributed by atoms with Gasteiger partial charge in [-0.25, -0.2) is 0 Å². The van der Waals surface area contributed by atoms with Crippen molar-refractivity contribution in [3.8, 4) is 11.5 Å². The summed E-state index contributed by atoms with van der Waals surface area (Å²) in [5, 5.41) is 15.0. The molecule has 2 amide bonds. The minimum atomic E-state index is -0.574. The quantitative estimate of drug-likeness (QED) is 0.668. The zero-order chi connectivity index (χ0) is 21.1. The van der Waals surface area contributed by atoms with Crippen LogP contribution in [0.5, 0.6) is 11.5 Å². The fourth-order valence-corrected chi connectivity index (χ4v) is 3.89. The molecule has 1 fully saturated rings. The third-order valence-electron chi connectivity index (χ3n) is 5.38. The standard InChI is InChI=1S/C24H24N2O4/c1-2-30-18-12-10-17(11-13-18)25-23(28)21-8-5-15-26(21)24(29)20-14-9-16-6-3-4-7-19(16)22(20)27/h3-4,6-7,9-14,21,27H,2,5,8,15H2,1H3,(H,25,28). The van der Waals surface area contributed by atoms with Crippen LogP contribution in [0.3, 0.4) is 0 Å². The number of ether oxygens (including phenoxy) is 1. The van der Waals surface area contributed by atoms with Crippen LogP contribution >= 0.6 is 0 Å². The third kappa shape index (κ3) is 3.81. The molecule has 0 spiro atoms. The molecule has 1 saturated heterocycles. The zero-order valence-corrected chi connectivity index (χ0v) is 16.8. The lowest BCUT2D eigenvalue weighted by Gasteiger charge is -2.24. The van der Waals surface area contributed by atoms with Gasteiger partial charge in [0.25, 0.3) is 5.91 Å². The number of phenolic OH excluding ortho intramolecular Hbond substituents is 1. The number of nitrogens with zero attached hydrogens (tertiary/aromatic N) is 1. The van der Waals surface area contributed by atoms with E-state index in [1.807, 2.05) is 31.2 Å². The Morgan fingerprint density at radius 1 is 1.10 bits per heavy atom. The molecular weight excluding hydrogens is 380 g/mol. The van der Waals surface area contributed by atoms with Crippen LogP contribution in [-0.4, -0.2) is 41.0 Å². The Balaban J connectivity index is 1.52. The molecule has 154 valence electrons. The van der Waals surface area contributed by atoms with Crippen molar-refractivity contribution in [1.29, 1.82) is 0 Å². The van der Waals surface area contributed by atoms with Crippen molar-refractivity contribution < 1.29 is 19.4 Å². The van der Waals surface area contributed by atoms with Crippen LogP contribution in [0.4, 0.5) is 5.69 Å². The molecular formula is C24H24N2O4. The highest BCUT2D eigenvalue weighted by Gasteiger charge is 2.35. The van der Waals surface area contributed by atoms with E-state index in [1.165, 1.54) is 0 Å². The summed E-state index contributed by atoms with van der Waals surface area (Å²) in [6, 6.07) is 17.4. The number of benzene rings is 3. The first-order valence-corrected chi connectivity index (χ1v) is 10.1. The summed E-state index contributed by atoms with van der Waals surface area (Å²) in [5.74, 6) is 0.128. The number of hydrogen-bond acceptors (Lipinski definition) is 4. The van der Waals surface area contributed by atoms with E-state index in [1.54, 1.807) is 41.3 Å². The van der Waals surface area contributed by atoms with Crippen LogP contribution in [-0.2, 0) is 4.79 Å². The van der Waals surface area contributed by atoms with E-state index in [0.29, 0.717) is 30.6 Å². The van der Waals surface area contributed by atoms with Gasteiger partial charge in [0.1, 0.15) is 17.5 Å². The molecule has 4 rings (SSSR count). The van der Waals surface area contributed by atoms with Crippen molar-refractivity contribution in [2.24, 2.45) is 0 Å². The predicted molar refractivity (Wildman–Crippen MR) is 116 cm³/mol. The van der Waals surface area contributed by atoms with E-state index in [-0.39, 0.29) is 23.1 Å². The molecule has 1 aliphatic rings. The van der Waals surface area contributed by atoms with E-state index < -0.39 is 6.04 Å². The maximum absolute atomic E-state index is 13.2. The SMILES string of the molecule is CCOc1ccc(NC(=O)C2CCCN2C(=O)c2ccc3ccccc3c2O)cc1. The second-order valence-corrected chi connectivity index (χ2v) is 7.29. The fourth-order valence-electron chi connectivity index (χ4n) is 3.89. The van der Waals surface area contributed by atoms with Crippen LogP contribution in [0.1, 0.15) is 30.1 Å². The molecule has 1 aliphatic heterocycles. The van der Waals surface area contributed by atoms with Gasteiger partial charge in [0, 0.05) is 17.6 Å². The van der Waals surface area contributed by atoms with Gasteiger partial charge < -0.3 is 20.1 Å². The highest BCUT2D eigenvalue weighted by atomic mass is 16.5. The summed E-state index contributed by atoms with van der Waals surface area (Å²) >= 11 is 0. The van der Waals surface area contributed by atoms with E-state index in [9.17, 15) is 14.7 Å². The number of phenols is 1. The monoisotopic (exact) mass is 404 g/mol. The molecule has 3 aromatic carbocycles. The van der Waals surface area contributed by atoms with Crippen molar-refractivity contribution in [1.82, 2.24) is 4.90 Å². The Kier molecular flexibility index (Phi) is 5.57. The molecule has 1 unspecified atom stereocenters. The van der Waals surface area contributed by atoms with Crippen LogP contribution in [0, 0.1) is 0 Å². The number of fused-ring (bicyclic) bond motifs is 1. The van der Waals surface area contributed by atoms with Gasteiger partial charge in [-0.1, -0.05) is 30.3 Å². The van der Waals surface area contributed by atoms with Crippen molar-refractivity contribution in [3.63, 3.8) is 0 Å². The molecule has 6 nitrogen and oxygen atoms in total. The van der Waals surface area contributed by atoms with Crippen LogP contribution in [0.15, 0.2) is 60.7 Å². The van der Waals surface area contributed by atoms with E-state index >= 15 is 0 Å². The normalized spacial score (nSPS) is 15.9. The van der Waals surface area contributed by atoms with E-state index in [0.717, 1.165) is 17.6 Å². The summed E-state index contributed by atoms with van der Waals surface area (Å²) in [5.41, 5.74) is 0.866. The van der Waals surface area contributed by atoms with Crippen LogP contribution in [0.2, 0.25) is 0 Å². The van der Waals surface area contributed by atoms with Gasteiger partial charge in [-0.2, -0.15) is 0 Å². The molecule has 0 aromatic heterocycles. The zero-order valence-electron chi connectivity index (χ0n) is 16.8. The Labute approximate surface area is 175 Å². The number of hydrogen-bond donors (Lipinski definition) is 2. The second-order valence-electron chi connectivity index (χ2n) is 7.29. The van der Waals surface area contributed by atoms with Gasteiger partial charge in [-0.05, 0) is 55.5 Å². The first-order chi connectivity index (χ1) is 14.6. The van der Waals surface area contributed by atoms with Crippen molar-refractivity contribution in [3.05, 3.63) is 66.2 Å². The highest BCUT2D eigenvalue weighted by molar-refractivity contribution is 6.06. The first-order valence-electron chi connectivity index (χ1n) is 10.1. The Morgan fingerprint density at radius 2 is 1.87 bits per heavy atom. The number of nitrogens with one attached hydrogen (secondary N) is 1. The van der Waals surface area contributed by atoms with E-state index in [2.05, 4.69) is 5.32 Å². The molecule has 2 N–H and O–H groups in total. The van der Waals surface area contributed by atoms with Crippen LogP contribution < -0.4 is 10.1 Å². The number of carbonyl (C=O) groups is 2. The van der Waals surface area contributed by atoms with Crippen molar-refractivity contribution >= 4 is 28.3 Å². The lowest BCUT2D eigenvalue weighted by molar-refractivity contribution is -0.119. The minimum absolute atomic E-state index is 0.0457. The van der Waals surface area contributed by atoms with Crippen LogP contribution in [0.25, 0.3) is 10.8 Å². The molecule has 3 aromatic rings. The Morgan fingerprint density at radius 3 is 2.63 bits per heavy atom. The highest BCUT2D eigenvalue weighted by Crippen LogP contribution is 2.31. The number of rotatable bonds is 5. The average Bonchev–Trinajstić information content (AvgIpc) is 3.25. The number of carbonyl (C=O) groups excluding carboxylic acids is 2. The number of amides is 2. The molecule has 1 atom stereocenters. The summed E-state index contributed by atoms with van der Waals surface area (Å²) in [6.07, 6.45) is 1.32. The molecule has 6 heteroatoms. The maximum Gasteiger partial charge on any atom is 0.258 e. The number of anilines is 1. The Hall–Kier alpha value is -3.54. The number of likely N-dealkylation sites (tertiary alicyclic amines) is 1. The lowest BCUT2D eigenvalue weighted by Crippen LogP contribution is -2.43. The summed E-state index contributed by atoms with van der Waals surface area (Å²) < 4.78 is 5.42. The van der Waals surface area contributed by atoms with Gasteiger partial charge in [0.2, 0.25) is 5.91 Å². The molecule has 0 aliphatic carbocycles. The van der Waals surface area contributed by atoms with Gasteiger partial charge in [-0.15, -0.1) is 0 Å². The Bertz CT molecular complexity index is 1080. The minimum Gasteiger partial charge on any atom is -0.506 e. The summed E-state index contributed by atoms with van der Waals surface area (Å²) in [4.78, 5) is 27.6. The summed E-state index contributed by atoms with van der Waals surface area (Å²) in [6.45, 7) is 2.97. The summed E-state index contributed by atoms with van der Waals surface area (Å²) in [7, 11) is 0. The smallest absolute Gasteiger partial charge is 0.258 e.